The molecule has 1 atom stereocenters. The molecule has 5 heteroatoms. The lowest BCUT2D eigenvalue weighted by molar-refractivity contribution is 0.296. The molecule has 0 radical (unpaired) electrons. The van der Waals surface area contributed by atoms with E-state index in [1.807, 2.05) is 30.3 Å². The molecule has 0 spiro atoms. The molecule has 1 unspecified atom stereocenters. The quantitative estimate of drug-likeness (QED) is 0.209. The van der Waals surface area contributed by atoms with E-state index < -0.39 is 0 Å². The van der Waals surface area contributed by atoms with Crippen molar-refractivity contribution < 1.29 is 4.39 Å². The number of benzene rings is 4. The van der Waals surface area contributed by atoms with E-state index in [1.165, 1.54) is 45.4 Å². The Kier molecular flexibility index (Phi) is 6.99. The second kappa shape index (κ2) is 10.3. The average Bonchev–Trinajstić information content (AvgIpc) is 3.20. The first-order chi connectivity index (χ1) is 17.2. The van der Waals surface area contributed by atoms with Crippen molar-refractivity contribution in [3.63, 3.8) is 0 Å². The Morgan fingerprint density at radius 1 is 0.722 bits per heavy atom. The highest BCUT2D eigenvalue weighted by Crippen LogP contribution is 2.42. The van der Waals surface area contributed by atoms with E-state index in [2.05, 4.69) is 82.4 Å². The molecular formula is C31H25BrClFN2. The average molecular weight is 560 g/mol. The Hall–Kier alpha value is -3.34. The van der Waals surface area contributed by atoms with Crippen LogP contribution in [0, 0.1) is 5.82 Å². The molecule has 0 fully saturated rings. The first kappa shape index (κ1) is 24.4. The van der Waals surface area contributed by atoms with E-state index in [0.29, 0.717) is 6.54 Å². The van der Waals surface area contributed by atoms with Gasteiger partial charge in [-0.15, -0.1) is 17.0 Å². The maximum absolute atomic E-state index is 13.6. The normalized spacial score (nSPS) is 14.5. The molecule has 2 nitrogen and oxygen atoms in total. The van der Waals surface area contributed by atoms with Gasteiger partial charge < -0.3 is 9.47 Å². The molecule has 0 N–H and O–H groups in total. The summed E-state index contributed by atoms with van der Waals surface area (Å²) in [5, 5.41) is 1.95. The molecule has 0 aliphatic carbocycles. The molecule has 2 heterocycles. The molecule has 0 amide bonds. The summed E-state index contributed by atoms with van der Waals surface area (Å²) in [6.45, 7) is 1.44. The molecular weight excluding hydrogens is 535 g/mol. The van der Waals surface area contributed by atoms with Gasteiger partial charge in [-0.2, -0.15) is 0 Å². The van der Waals surface area contributed by atoms with Crippen molar-refractivity contribution in [2.24, 2.45) is 0 Å². The minimum absolute atomic E-state index is 0. The Bertz CT molecular complexity index is 1510. The fraction of sp³-hybridized carbons (Fsp3) is 0.0968. The summed E-state index contributed by atoms with van der Waals surface area (Å²) in [4.78, 5) is 2.39. The third kappa shape index (κ3) is 4.59. The summed E-state index contributed by atoms with van der Waals surface area (Å²) < 4.78 is 16.0. The third-order valence-electron chi connectivity index (χ3n) is 6.72. The number of rotatable bonds is 5. The Labute approximate surface area is 226 Å². The Morgan fingerprint density at radius 2 is 1.39 bits per heavy atom. The zero-order valence-corrected chi connectivity index (χ0v) is 22.0. The molecule has 1 aliphatic heterocycles. The van der Waals surface area contributed by atoms with E-state index >= 15 is 0 Å². The summed E-state index contributed by atoms with van der Waals surface area (Å²) in [7, 11) is 0. The molecule has 0 bridgehead atoms. The maximum Gasteiger partial charge on any atom is 0.123 e. The highest BCUT2D eigenvalue weighted by Gasteiger charge is 2.31. The minimum atomic E-state index is -0.218. The first-order valence-corrected chi connectivity index (χ1v) is 12.1. The fourth-order valence-corrected chi connectivity index (χ4v) is 5.23. The highest BCUT2D eigenvalue weighted by molar-refractivity contribution is 8.93. The minimum Gasteiger partial charge on any atom is -0.361 e. The number of halogens is 3. The van der Waals surface area contributed by atoms with Crippen LogP contribution < -0.4 is 0 Å². The van der Waals surface area contributed by atoms with E-state index in [1.54, 1.807) is 0 Å². The zero-order chi connectivity index (χ0) is 23.8. The second-order valence-electron chi connectivity index (χ2n) is 8.96. The lowest BCUT2D eigenvalue weighted by Gasteiger charge is -2.35. The van der Waals surface area contributed by atoms with Gasteiger partial charge in [0.2, 0.25) is 0 Å². The lowest BCUT2D eigenvalue weighted by Crippen LogP contribution is -2.29. The third-order valence-corrected chi connectivity index (χ3v) is 6.97. The molecule has 1 aliphatic rings. The van der Waals surface area contributed by atoms with Crippen molar-refractivity contribution in [1.82, 2.24) is 9.47 Å². The number of fused-ring (bicyclic) bond motifs is 3. The summed E-state index contributed by atoms with van der Waals surface area (Å²) in [6.07, 6.45) is 4.44. The van der Waals surface area contributed by atoms with Crippen LogP contribution in [-0.2, 0) is 13.1 Å². The number of aromatic nitrogens is 1. The van der Waals surface area contributed by atoms with Crippen LogP contribution in [-0.4, -0.2) is 9.47 Å². The predicted molar refractivity (Wildman–Crippen MR) is 152 cm³/mol. The monoisotopic (exact) mass is 558 g/mol. The SMILES string of the molecule is Br.Fc1ccc(Cn2c3c(c4ccccc42)C=CN(Cc2ccccc2)C3c2ccc(Cl)cc2)cc1. The van der Waals surface area contributed by atoms with Gasteiger partial charge in [-0.05, 0) is 53.1 Å². The van der Waals surface area contributed by atoms with E-state index in [4.69, 9.17) is 11.6 Å². The van der Waals surface area contributed by atoms with Crippen LogP contribution in [0.25, 0.3) is 17.0 Å². The second-order valence-corrected chi connectivity index (χ2v) is 9.39. The molecule has 5 aromatic rings. The van der Waals surface area contributed by atoms with Crippen LogP contribution in [0.5, 0.6) is 0 Å². The smallest absolute Gasteiger partial charge is 0.123 e. The Morgan fingerprint density at radius 3 is 2.14 bits per heavy atom. The molecule has 0 saturated carbocycles. The van der Waals surface area contributed by atoms with Crippen LogP contribution >= 0.6 is 28.6 Å². The van der Waals surface area contributed by atoms with Crippen molar-refractivity contribution in [2.75, 3.05) is 0 Å². The van der Waals surface area contributed by atoms with Gasteiger partial charge in [0, 0.05) is 40.8 Å². The van der Waals surface area contributed by atoms with E-state index in [9.17, 15) is 4.39 Å². The van der Waals surface area contributed by atoms with Gasteiger partial charge in [0.15, 0.2) is 0 Å². The van der Waals surface area contributed by atoms with Crippen LogP contribution in [0.2, 0.25) is 5.02 Å². The van der Waals surface area contributed by atoms with Crippen molar-refractivity contribution >= 4 is 45.6 Å². The maximum atomic E-state index is 13.6. The summed E-state index contributed by atoms with van der Waals surface area (Å²) >= 11 is 6.27. The summed E-state index contributed by atoms with van der Waals surface area (Å²) in [6, 6.07) is 34.0. The van der Waals surface area contributed by atoms with Crippen molar-refractivity contribution in [2.45, 2.75) is 19.1 Å². The number of nitrogens with zero attached hydrogens (tertiary/aromatic N) is 2. The van der Waals surface area contributed by atoms with Gasteiger partial charge in [-0.25, -0.2) is 4.39 Å². The lowest BCUT2D eigenvalue weighted by atomic mass is 9.94. The largest absolute Gasteiger partial charge is 0.361 e. The number of hydrogen-bond acceptors (Lipinski definition) is 1. The van der Waals surface area contributed by atoms with Gasteiger partial charge >= 0.3 is 0 Å². The standard InChI is InChI=1S/C31H24ClFN2.BrH/c32-25-14-12-24(13-15-25)30-31-28(18-19-34(30)20-22-6-2-1-3-7-22)27-8-4-5-9-29(27)35(31)21-23-10-16-26(33)17-11-23;/h1-19,30H,20-21H2;1H. The van der Waals surface area contributed by atoms with Gasteiger partial charge in [0.25, 0.3) is 0 Å². The Balaban J connectivity index is 0.00000267. The van der Waals surface area contributed by atoms with Crippen LogP contribution in [0.4, 0.5) is 4.39 Å². The zero-order valence-electron chi connectivity index (χ0n) is 19.5. The molecule has 6 rings (SSSR count). The molecule has 4 aromatic carbocycles. The van der Waals surface area contributed by atoms with E-state index in [-0.39, 0.29) is 28.8 Å². The molecule has 0 saturated heterocycles. The van der Waals surface area contributed by atoms with Crippen molar-refractivity contribution in [1.29, 1.82) is 0 Å². The first-order valence-electron chi connectivity index (χ1n) is 11.8. The van der Waals surface area contributed by atoms with Gasteiger partial charge in [-0.1, -0.05) is 84.4 Å². The van der Waals surface area contributed by atoms with Crippen molar-refractivity contribution in [3.8, 4) is 0 Å². The summed E-state index contributed by atoms with van der Waals surface area (Å²) in [5.74, 6) is -0.218. The number of para-hydroxylation sites is 1. The van der Waals surface area contributed by atoms with Crippen LogP contribution in [0.3, 0.4) is 0 Å². The van der Waals surface area contributed by atoms with E-state index in [0.717, 1.165) is 17.1 Å². The molecule has 1 aromatic heterocycles. The molecule has 180 valence electrons. The van der Waals surface area contributed by atoms with Gasteiger partial charge in [0.05, 0.1) is 11.7 Å². The van der Waals surface area contributed by atoms with Gasteiger partial charge in [-0.3, -0.25) is 0 Å². The number of hydrogen-bond donors (Lipinski definition) is 0. The summed E-state index contributed by atoms with van der Waals surface area (Å²) in [5.41, 5.74) is 7.13. The predicted octanol–water partition coefficient (Wildman–Crippen LogP) is 8.64. The molecule has 36 heavy (non-hydrogen) atoms. The highest BCUT2D eigenvalue weighted by atomic mass is 79.9. The van der Waals surface area contributed by atoms with Crippen LogP contribution in [0.15, 0.2) is 109 Å². The van der Waals surface area contributed by atoms with Crippen molar-refractivity contribution in [3.05, 3.63) is 148 Å². The topological polar surface area (TPSA) is 8.17 Å². The fourth-order valence-electron chi connectivity index (χ4n) is 5.11. The van der Waals surface area contributed by atoms with Gasteiger partial charge in [0.1, 0.15) is 5.82 Å². The van der Waals surface area contributed by atoms with Crippen LogP contribution in [0.1, 0.15) is 34.0 Å².